The van der Waals surface area contributed by atoms with E-state index in [2.05, 4.69) is 24.9 Å². The Morgan fingerprint density at radius 3 is 2.39 bits per heavy atom. The lowest BCUT2D eigenvalue weighted by Crippen LogP contribution is -2.35. The Bertz CT molecular complexity index is 419. The van der Waals surface area contributed by atoms with E-state index in [4.69, 9.17) is 0 Å². The summed E-state index contributed by atoms with van der Waals surface area (Å²) in [6.45, 7) is 3.98. The van der Waals surface area contributed by atoms with Gasteiger partial charge in [0, 0.05) is 24.3 Å². The van der Waals surface area contributed by atoms with Crippen LogP contribution in [-0.4, -0.2) is 18.9 Å². The van der Waals surface area contributed by atoms with E-state index >= 15 is 0 Å². The largest absolute Gasteiger partial charge is 0.371 e. The second-order valence-corrected chi connectivity index (χ2v) is 5.60. The lowest BCUT2D eigenvalue weighted by atomic mass is 9.86. The van der Waals surface area contributed by atoms with Crippen molar-refractivity contribution in [2.24, 2.45) is 5.92 Å². The highest BCUT2D eigenvalue weighted by Crippen LogP contribution is 2.30. The molecule has 2 heteroatoms. The highest BCUT2D eigenvalue weighted by Gasteiger charge is 2.23. The SMILES string of the molecule is CC(=O)c1ccccc1N(C)C1CCC(C)CC1. The molecular weight excluding hydrogens is 222 g/mol. The maximum atomic E-state index is 11.7. The molecule has 98 valence electrons. The van der Waals surface area contributed by atoms with Crippen LogP contribution in [0.15, 0.2) is 24.3 Å². The van der Waals surface area contributed by atoms with E-state index in [0.717, 1.165) is 17.2 Å². The molecule has 0 atom stereocenters. The number of nitrogens with zero attached hydrogens (tertiary/aromatic N) is 1. The van der Waals surface area contributed by atoms with Gasteiger partial charge in [0.1, 0.15) is 0 Å². The van der Waals surface area contributed by atoms with Crippen LogP contribution in [0.25, 0.3) is 0 Å². The van der Waals surface area contributed by atoms with Gasteiger partial charge in [-0.1, -0.05) is 19.1 Å². The molecule has 1 aromatic rings. The van der Waals surface area contributed by atoms with Crippen LogP contribution in [0, 0.1) is 5.92 Å². The van der Waals surface area contributed by atoms with E-state index in [1.807, 2.05) is 18.2 Å². The zero-order chi connectivity index (χ0) is 13.1. The molecule has 0 aromatic heterocycles. The first-order chi connectivity index (χ1) is 8.59. The van der Waals surface area contributed by atoms with Crippen LogP contribution in [0.4, 0.5) is 5.69 Å². The molecule has 2 nitrogen and oxygen atoms in total. The first-order valence-corrected chi connectivity index (χ1v) is 6.92. The average Bonchev–Trinajstić information content (AvgIpc) is 2.39. The highest BCUT2D eigenvalue weighted by molar-refractivity contribution is 5.99. The van der Waals surface area contributed by atoms with Gasteiger partial charge in [-0.2, -0.15) is 0 Å². The van der Waals surface area contributed by atoms with Crippen molar-refractivity contribution in [3.8, 4) is 0 Å². The molecule has 1 aromatic carbocycles. The molecule has 1 aliphatic rings. The van der Waals surface area contributed by atoms with Crippen molar-refractivity contribution in [2.45, 2.75) is 45.6 Å². The van der Waals surface area contributed by atoms with Crippen molar-refractivity contribution in [1.82, 2.24) is 0 Å². The molecule has 18 heavy (non-hydrogen) atoms. The third-order valence-corrected chi connectivity index (χ3v) is 4.20. The number of anilines is 1. The normalized spacial score (nSPS) is 23.7. The molecule has 0 spiro atoms. The minimum atomic E-state index is 0.154. The molecule has 1 aliphatic carbocycles. The quantitative estimate of drug-likeness (QED) is 0.753. The van der Waals surface area contributed by atoms with Crippen LogP contribution in [0.1, 0.15) is 49.9 Å². The summed E-state index contributed by atoms with van der Waals surface area (Å²) < 4.78 is 0. The van der Waals surface area contributed by atoms with Crippen LogP contribution in [0.5, 0.6) is 0 Å². The number of carbonyl (C=O) groups excluding carboxylic acids is 1. The number of benzene rings is 1. The molecular formula is C16H23NO. The Balaban J connectivity index is 2.18. The second kappa shape index (κ2) is 5.55. The molecule has 1 fully saturated rings. The van der Waals surface area contributed by atoms with Crippen molar-refractivity contribution < 1.29 is 4.79 Å². The summed E-state index contributed by atoms with van der Waals surface area (Å²) in [6.07, 6.45) is 5.09. The third-order valence-electron chi connectivity index (χ3n) is 4.20. The van der Waals surface area contributed by atoms with E-state index in [0.29, 0.717) is 6.04 Å². The van der Waals surface area contributed by atoms with Gasteiger partial charge in [-0.15, -0.1) is 0 Å². The van der Waals surface area contributed by atoms with E-state index in [9.17, 15) is 4.79 Å². The van der Waals surface area contributed by atoms with Crippen molar-refractivity contribution in [2.75, 3.05) is 11.9 Å². The summed E-state index contributed by atoms with van der Waals surface area (Å²) in [5.41, 5.74) is 1.93. The Kier molecular flexibility index (Phi) is 4.05. The van der Waals surface area contributed by atoms with Crippen molar-refractivity contribution in [3.05, 3.63) is 29.8 Å². The van der Waals surface area contributed by atoms with Crippen LogP contribution < -0.4 is 4.90 Å². The standard InChI is InChI=1S/C16H23NO/c1-12-8-10-14(11-9-12)17(3)16-7-5-4-6-15(16)13(2)18/h4-7,12,14H,8-11H2,1-3H3. The van der Waals surface area contributed by atoms with Crippen molar-refractivity contribution in [3.63, 3.8) is 0 Å². The van der Waals surface area contributed by atoms with Gasteiger partial charge in [-0.05, 0) is 50.7 Å². The minimum Gasteiger partial charge on any atom is -0.371 e. The molecule has 0 radical (unpaired) electrons. The maximum absolute atomic E-state index is 11.7. The van der Waals surface area contributed by atoms with Gasteiger partial charge >= 0.3 is 0 Å². The number of hydrogen-bond donors (Lipinski definition) is 0. The first-order valence-electron chi connectivity index (χ1n) is 6.92. The van der Waals surface area contributed by atoms with E-state index < -0.39 is 0 Å². The zero-order valence-electron chi connectivity index (χ0n) is 11.6. The predicted octanol–water partition coefficient (Wildman–Crippen LogP) is 3.90. The Morgan fingerprint density at radius 1 is 1.17 bits per heavy atom. The summed E-state index contributed by atoms with van der Waals surface area (Å²) in [6, 6.07) is 8.54. The summed E-state index contributed by atoms with van der Waals surface area (Å²) in [5, 5.41) is 0. The van der Waals surface area contributed by atoms with Crippen LogP contribution in [0.2, 0.25) is 0 Å². The van der Waals surface area contributed by atoms with Crippen LogP contribution >= 0.6 is 0 Å². The molecule has 0 saturated heterocycles. The molecule has 0 amide bonds. The van der Waals surface area contributed by atoms with E-state index in [1.165, 1.54) is 25.7 Å². The topological polar surface area (TPSA) is 20.3 Å². The number of para-hydroxylation sites is 1. The average molecular weight is 245 g/mol. The van der Waals surface area contributed by atoms with Gasteiger partial charge in [0.05, 0.1) is 0 Å². The van der Waals surface area contributed by atoms with Crippen LogP contribution in [-0.2, 0) is 0 Å². The number of ketones is 1. The predicted molar refractivity (Wildman–Crippen MR) is 76.3 cm³/mol. The number of Topliss-reactive ketones (excluding diaryl/α,β-unsaturated/α-hetero) is 1. The van der Waals surface area contributed by atoms with Gasteiger partial charge in [0.25, 0.3) is 0 Å². The summed E-state index contributed by atoms with van der Waals surface area (Å²) in [5.74, 6) is 1.01. The molecule has 0 unspecified atom stereocenters. The van der Waals surface area contributed by atoms with Crippen molar-refractivity contribution >= 4 is 11.5 Å². The van der Waals surface area contributed by atoms with Gasteiger partial charge in [0.15, 0.2) is 5.78 Å². The highest BCUT2D eigenvalue weighted by atomic mass is 16.1. The first kappa shape index (κ1) is 13.1. The zero-order valence-corrected chi connectivity index (χ0v) is 11.6. The lowest BCUT2D eigenvalue weighted by Gasteiger charge is -2.35. The fraction of sp³-hybridized carbons (Fsp3) is 0.562. The van der Waals surface area contributed by atoms with Crippen LogP contribution in [0.3, 0.4) is 0 Å². The summed E-state index contributed by atoms with van der Waals surface area (Å²) >= 11 is 0. The number of hydrogen-bond acceptors (Lipinski definition) is 2. The molecule has 2 rings (SSSR count). The second-order valence-electron chi connectivity index (χ2n) is 5.60. The fourth-order valence-electron chi connectivity index (χ4n) is 2.91. The Hall–Kier alpha value is -1.31. The minimum absolute atomic E-state index is 0.154. The van der Waals surface area contributed by atoms with Crippen molar-refractivity contribution in [1.29, 1.82) is 0 Å². The van der Waals surface area contributed by atoms with Gasteiger partial charge < -0.3 is 4.90 Å². The maximum Gasteiger partial charge on any atom is 0.161 e. The lowest BCUT2D eigenvalue weighted by molar-refractivity contribution is 0.101. The molecule has 0 N–H and O–H groups in total. The Labute approximate surface area is 110 Å². The van der Waals surface area contributed by atoms with Gasteiger partial charge in [-0.3, -0.25) is 4.79 Å². The molecule has 1 saturated carbocycles. The summed E-state index contributed by atoms with van der Waals surface area (Å²) in [4.78, 5) is 14.0. The third kappa shape index (κ3) is 2.74. The fourth-order valence-corrected chi connectivity index (χ4v) is 2.91. The van der Waals surface area contributed by atoms with Gasteiger partial charge in [-0.25, -0.2) is 0 Å². The molecule has 0 aliphatic heterocycles. The smallest absolute Gasteiger partial charge is 0.161 e. The number of carbonyl (C=O) groups is 1. The Morgan fingerprint density at radius 2 is 1.78 bits per heavy atom. The molecule has 0 bridgehead atoms. The van der Waals surface area contributed by atoms with Gasteiger partial charge in [0.2, 0.25) is 0 Å². The van der Waals surface area contributed by atoms with E-state index in [-0.39, 0.29) is 5.78 Å². The van der Waals surface area contributed by atoms with E-state index in [1.54, 1.807) is 6.92 Å². The summed E-state index contributed by atoms with van der Waals surface area (Å²) in [7, 11) is 2.13. The number of rotatable bonds is 3. The molecule has 0 heterocycles. The monoisotopic (exact) mass is 245 g/mol.